The van der Waals surface area contributed by atoms with Gasteiger partial charge in [-0.05, 0) is 42.7 Å². The molecule has 1 saturated heterocycles. The molecule has 4 rings (SSSR count). The first-order chi connectivity index (χ1) is 14.6. The number of ether oxygens (including phenoxy) is 2. The van der Waals surface area contributed by atoms with Crippen molar-refractivity contribution in [1.82, 2.24) is 4.90 Å². The molecule has 30 heavy (non-hydrogen) atoms. The van der Waals surface area contributed by atoms with Crippen molar-refractivity contribution in [3.8, 4) is 0 Å². The summed E-state index contributed by atoms with van der Waals surface area (Å²) < 4.78 is 11.4. The van der Waals surface area contributed by atoms with Crippen LogP contribution in [0.25, 0.3) is 0 Å². The molecule has 0 aromatic heterocycles. The van der Waals surface area contributed by atoms with Gasteiger partial charge in [0.15, 0.2) is 0 Å². The van der Waals surface area contributed by atoms with Crippen molar-refractivity contribution in [3.05, 3.63) is 107 Å². The number of hydrogen-bond donors (Lipinski definition) is 0. The molecule has 3 unspecified atom stereocenters. The molecule has 0 spiro atoms. The Morgan fingerprint density at radius 1 is 0.967 bits per heavy atom. The zero-order valence-corrected chi connectivity index (χ0v) is 17.6. The maximum atomic E-state index is 11.8. The second-order valence-corrected chi connectivity index (χ2v) is 7.78. The zero-order chi connectivity index (χ0) is 21.1. The number of methoxy groups -OCH3 is 1. The summed E-state index contributed by atoms with van der Waals surface area (Å²) in [6.07, 6.45) is -0.206. The summed E-state index contributed by atoms with van der Waals surface area (Å²) in [6.45, 7) is 5.12. The lowest BCUT2D eigenvalue weighted by molar-refractivity contribution is -0.0148. The highest BCUT2D eigenvalue weighted by atomic mass is 16.5. The Bertz CT molecular complexity index is 983. The lowest BCUT2D eigenvalue weighted by Crippen LogP contribution is -2.27. The third kappa shape index (κ3) is 4.16. The Kier molecular flexibility index (Phi) is 5.98. The molecule has 0 aliphatic carbocycles. The van der Waals surface area contributed by atoms with Crippen molar-refractivity contribution in [2.75, 3.05) is 13.7 Å². The van der Waals surface area contributed by atoms with Gasteiger partial charge in [-0.3, -0.25) is 4.90 Å². The van der Waals surface area contributed by atoms with Crippen LogP contribution in [0.5, 0.6) is 0 Å². The van der Waals surface area contributed by atoms with Crippen LogP contribution in [-0.2, 0) is 9.47 Å². The first-order valence-corrected chi connectivity index (χ1v) is 10.3. The lowest BCUT2D eigenvalue weighted by atomic mass is 10.0. The topological polar surface area (TPSA) is 38.8 Å². The number of rotatable bonds is 5. The van der Waals surface area contributed by atoms with E-state index >= 15 is 0 Å². The monoisotopic (exact) mass is 401 g/mol. The molecule has 3 aromatic rings. The minimum Gasteiger partial charge on any atom is -0.465 e. The first-order valence-electron chi connectivity index (χ1n) is 10.3. The van der Waals surface area contributed by atoms with E-state index in [1.54, 1.807) is 12.1 Å². The Morgan fingerprint density at radius 2 is 1.63 bits per heavy atom. The van der Waals surface area contributed by atoms with E-state index in [9.17, 15) is 4.79 Å². The highest BCUT2D eigenvalue weighted by Crippen LogP contribution is 2.42. The molecule has 0 bridgehead atoms. The smallest absolute Gasteiger partial charge is 0.337 e. The number of esters is 1. The normalized spacial score (nSPS) is 20.1. The number of hydrogen-bond acceptors (Lipinski definition) is 4. The molecule has 1 aliphatic rings. The fourth-order valence-corrected chi connectivity index (χ4v) is 3.99. The van der Waals surface area contributed by atoms with Crippen LogP contribution < -0.4 is 0 Å². The fourth-order valence-electron chi connectivity index (χ4n) is 3.99. The van der Waals surface area contributed by atoms with E-state index in [0.717, 1.165) is 12.1 Å². The summed E-state index contributed by atoms with van der Waals surface area (Å²) >= 11 is 0. The number of carbonyl (C=O) groups is 1. The largest absolute Gasteiger partial charge is 0.465 e. The van der Waals surface area contributed by atoms with Crippen LogP contribution in [0.2, 0.25) is 0 Å². The second kappa shape index (κ2) is 8.82. The maximum absolute atomic E-state index is 11.8. The van der Waals surface area contributed by atoms with Crippen molar-refractivity contribution < 1.29 is 14.3 Å². The molecule has 3 atom stereocenters. The van der Waals surface area contributed by atoms with E-state index < -0.39 is 0 Å². The van der Waals surface area contributed by atoms with Gasteiger partial charge in [0.1, 0.15) is 6.23 Å². The van der Waals surface area contributed by atoms with Crippen molar-refractivity contribution >= 4 is 5.97 Å². The molecule has 0 saturated carbocycles. The summed E-state index contributed by atoms with van der Waals surface area (Å²) in [5.74, 6) is -0.332. The first kappa shape index (κ1) is 20.3. The van der Waals surface area contributed by atoms with E-state index in [1.807, 2.05) is 30.3 Å². The zero-order valence-electron chi connectivity index (χ0n) is 17.6. The van der Waals surface area contributed by atoms with Crippen molar-refractivity contribution in [2.24, 2.45) is 0 Å². The van der Waals surface area contributed by atoms with Gasteiger partial charge in [0.05, 0.1) is 18.8 Å². The van der Waals surface area contributed by atoms with Crippen molar-refractivity contribution in [1.29, 1.82) is 0 Å². The molecule has 1 heterocycles. The van der Waals surface area contributed by atoms with Crippen LogP contribution >= 0.6 is 0 Å². The Morgan fingerprint density at radius 3 is 2.27 bits per heavy atom. The van der Waals surface area contributed by atoms with Gasteiger partial charge >= 0.3 is 5.97 Å². The van der Waals surface area contributed by atoms with Crippen molar-refractivity contribution in [3.63, 3.8) is 0 Å². The molecule has 0 amide bonds. The molecule has 3 aromatic carbocycles. The molecule has 154 valence electrons. The third-order valence-electron chi connectivity index (χ3n) is 5.82. The van der Waals surface area contributed by atoms with Gasteiger partial charge in [-0.2, -0.15) is 0 Å². The molecule has 4 heteroatoms. The molecular formula is C26H27NO3. The van der Waals surface area contributed by atoms with Crippen LogP contribution in [0.3, 0.4) is 0 Å². The van der Waals surface area contributed by atoms with Crippen LogP contribution in [0.15, 0.2) is 78.9 Å². The standard InChI is InChI=1S/C26H27NO3/c1-18-9-11-20(12-10-18)19(2)27-17-24(21-7-5-4-6-8-21)30-25(27)22-13-15-23(16-14-22)26(28)29-3/h4-16,19,24-25H,17H2,1-3H3. The summed E-state index contributed by atoms with van der Waals surface area (Å²) in [5.41, 5.74) is 5.25. The van der Waals surface area contributed by atoms with E-state index in [-0.39, 0.29) is 24.3 Å². The van der Waals surface area contributed by atoms with Crippen LogP contribution in [0.4, 0.5) is 0 Å². The van der Waals surface area contributed by atoms with Gasteiger partial charge in [0.25, 0.3) is 0 Å². The summed E-state index contributed by atoms with van der Waals surface area (Å²) in [7, 11) is 1.39. The second-order valence-electron chi connectivity index (χ2n) is 7.78. The third-order valence-corrected chi connectivity index (χ3v) is 5.82. The minimum absolute atomic E-state index is 0.00983. The lowest BCUT2D eigenvalue weighted by Gasteiger charge is -2.29. The van der Waals surface area contributed by atoms with Crippen LogP contribution in [0.1, 0.15) is 57.9 Å². The Hall–Kier alpha value is -2.95. The molecule has 0 radical (unpaired) electrons. The Balaban J connectivity index is 1.65. The van der Waals surface area contributed by atoms with Gasteiger partial charge in [-0.25, -0.2) is 4.79 Å². The fraction of sp³-hybridized carbons (Fsp3) is 0.269. The average molecular weight is 402 g/mol. The number of carbonyl (C=O) groups excluding carboxylic acids is 1. The van der Waals surface area contributed by atoms with E-state index in [1.165, 1.54) is 23.8 Å². The number of aryl methyl sites for hydroxylation is 1. The van der Waals surface area contributed by atoms with Gasteiger partial charge in [0, 0.05) is 12.6 Å². The molecule has 0 N–H and O–H groups in total. The van der Waals surface area contributed by atoms with E-state index in [2.05, 4.69) is 55.1 Å². The van der Waals surface area contributed by atoms with Gasteiger partial charge in [0.2, 0.25) is 0 Å². The SMILES string of the molecule is COC(=O)c1ccc(C2OC(c3ccccc3)CN2C(C)c2ccc(C)cc2)cc1. The molecular weight excluding hydrogens is 374 g/mol. The molecule has 1 aliphatic heterocycles. The maximum Gasteiger partial charge on any atom is 0.337 e. The van der Waals surface area contributed by atoms with E-state index in [4.69, 9.17) is 9.47 Å². The van der Waals surface area contributed by atoms with Crippen molar-refractivity contribution in [2.45, 2.75) is 32.2 Å². The minimum atomic E-state index is -0.332. The quantitative estimate of drug-likeness (QED) is 0.521. The van der Waals surface area contributed by atoms with Crippen LogP contribution in [-0.4, -0.2) is 24.5 Å². The summed E-state index contributed by atoms with van der Waals surface area (Å²) in [4.78, 5) is 14.2. The predicted molar refractivity (Wildman–Crippen MR) is 117 cm³/mol. The van der Waals surface area contributed by atoms with Crippen LogP contribution in [0, 0.1) is 6.92 Å². The summed E-state index contributed by atoms with van der Waals surface area (Å²) in [6, 6.07) is 26.7. The highest BCUT2D eigenvalue weighted by Gasteiger charge is 2.37. The average Bonchev–Trinajstić information content (AvgIpc) is 3.25. The predicted octanol–water partition coefficient (Wildman–Crippen LogP) is 5.61. The summed E-state index contributed by atoms with van der Waals surface area (Å²) in [5, 5.41) is 0. The Labute approximate surface area is 178 Å². The highest BCUT2D eigenvalue weighted by molar-refractivity contribution is 5.89. The number of benzene rings is 3. The van der Waals surface area contributed by atoms with Gasteiger partial charge in [-0.15, -0.1) is 0 Å². The number of nitrogens with zero attached hydrogens (tertiary/aromatic N) is 1. The van der Waals surface area contributed by atoms with E-state index in [0.29, 0.717) is 5.56 Å². The van der Waals surface area contributed by atoms with Gasteiger partial charge < -0.3 is 9.47 Å². The van der Waals surface area contributed by atoms with Gasteiger partial charge in [-0.1, -0.05) is 72.3 Å². The molecule has 1 fully saturated rings. The molecule has 4 nitrogen and oxygen atoms in total.